The van der Waals surface area contributed by atoms with Gasteiger partial charge in [0, 0.05) is 18.0 Å². The maximum Gasteiger partial charge on any atom is 0.332 e. The van der Waals surface area contributed by atoms with Gasteiger partial charge in [0.1, 0.15) is 11.4 Å². The molecular formula is C30H31N3O7. The van der Waals surface area contributed by atoms with Crippen molar-refractivity contribution >= 4 is 11.9 Å². The highest BCUT2D eigenvalue weighted by Crippen LogP contribution is 2.28. The van der Waals surface area contributed by atoms with E-state index in [4.69, 9.17) is 0 Å². The number of phenolic OH excluding ortho intramolecular Hbond substituents is 1. The molecule has 10 nitrogen and oxygen atoms in total. The maximum absolute atomic E-state index is 13.4. The lowest BCUT2D eigenvalue weighted by Crippen LogP contribution is -2.41. The number of carboxylic acids is 1. The summed E-state index contributed by atoms with van der Waals surface area (Å²) in [5, 5.41) is 56.1. The molecule has 4 aromatic rings. The van der Waals surface area contributed by atoms with Crippen LogP contribution in [0.4, 0.5) is 0 Å². The van der Waals surface area contributed by atoms with Crippen LogP contribution in [-0.4, -0.2) is 72.0 Å². The smallest absolute Gasteiger partial charge is 0.332 e. The molecule has 6 N–H and O–H groups in total. The molecule has 0 aliphatic rings. The fourth-order valence-corrected chi connectivity index (χ4v) is 4.39. The number of para-hydroxylation sites is 1. The third-order valence-electron chi connectivity index (χ3n) is 6.46. The Bertz CT molecular complexity index is 1440. The summed E-state index contributed by atoms with van der Waals surface area (Å²) in [6.45, 7) is -0.755. The van der Waals surface area contributed by atoms with Gasteiger partial charge < -0.3 is 30.8 Å². The summed E-state index contributed by atoms with van der Waals surface area (Å²) in [5.41, 5.74) is 3.52. The SMILES string of the molecule is O=C(N[C@H](Cc1ccc(-c2ccccc2)cc1)C[C@@H](O)C(=O)O)c1cc(-c2ccccc2O)nn1CC(O)CO. The van der Waals surface area contributed by atoms with Gasteiger partial charge in [0.2, 0.25) is 0 Å². The van der Waals surface area contributed by atoms with Crippen LogP contribution in [-0.2, 0) is 17.8 Å². The Kier molecular flexibility index (Phi) is 9.28. The third kappa shape index (κ3) is 7.11. The van der Waals surface area contributed by atoms with Crippen molar-refractivity contribution in [2.45, 2.75) is 37.6 Å². The molecule has 40 heavy (non-hydrogen) atoms. The zero-order chi connectivity index (χ0) is 28.6. The van der Waals surface area contributed by atoms with E-state index in [-0.39, 0.29) is 36.5 Å². The molecule has 3 aromatic carbocycles. The fourth-order valence-electron chi connectivity index (χ4n) is 4.39. The Labute approximate surface area is 230 Å². The summed E-state index contributed by atoms with van der Waals surface area (Å²) in [4.78, 5) is 24.8. The molecule has 208 valence electrons. The molecule has 3 atom stereocenters. The quantitative estimate of drug-likeness (QED) is 0.158. The van der Waals surface area contributed by atoms with Crippen molar-refractivity contribution < 1.29 is 35.1 Å². The number of phenols is 1. The Morgan fingerprint density at radius 3 is 2.20 bits per heavy atom. The van der Waals surface area contributed by atoms with E-state index in [0.717, 1.165) is 16.7 Å². The number of rotatable bonds is 12. The monoisotopic (exact) mass is 545 g/mol. The number of nitrogens with zero attached hydrogens (tertiary/aromatic N) is 2. The number of carbonyl (C=O) groups is 2. The summed E-state index contributed by atoms with van der Waals surface area (Å²) >= 11 is 0. The second-order valence-electron chi connectivity index (χ2n) is 9.48. The molecule has 0 radical (unpaired) electrons. The first-order valence-corrected chi connectivity index (χ1v) is 12.8. The average Bonchev–Trinajstić information content (AvgIpc) is 3.37. The minimum Gasteiger partial charge on any atom is -0.507 e. The molecule has 1 aromatic heterocycles. The van der Waals surface area contributed by atoms with E-state index < -0.39 is 36.7 Å². The lowest BCUT2D eigenvalue weighted by atomic mass is 9.97. The summed E-state index contributed by atoms with van der Waals surface area (Å²) in [6.07, 6.45) is -2.91. The number of aromatic nitrogens is 2. The van der Waals surface area contributed by atoms with Crippen LogP contribution < -0.4 is 5.32 Å². The number of nitrogens with one attached hydrogen (secondary N) is 1. The highest BCUT2D eigenvalue weighted by atomic mass is 16.4. The molecule has 0 saturated carbocycles. The Balaban J connectivity index is 1.59. The van der Waals surface area contributed by atoms with Crippen LogP contribution in [0.25, 0.3) is 22.4 Å². The van der Waals surface area contributed by atoms with Crippen LogP contribution in [0.1, 0.15) is 22.5 Å². The van der Waals surface area contributed by atoms with E-state index in [1.54, 1.807) is 18.2 Å². The number of benzene rings is 3. The molecule has 1 unspecified atom stereocenters. The first-order chi connectivity index (χ1) is 19.2. The second-order valence-corrected chi connectivity index (χ2v) is 9.48. The van der Waals surface area contributed by atoms with Gasteiger partial charge in [-0.1, -0.05) is 66.7 Å². The molecule has 1 amide bonds. The molecule has 1 heterocycles. The minimum absolute atomic E-state index is 0.0278. The molecule has 4 rings (SSSR count). The van der Waals surface area contributed by atoms with Crippen molar-refractivity contribution in [1.82, 2.24) is 15.1 Å². The number of hydrogen-bond donors (Lipinski definition) is 6. The van der Waals surface area contributed by atoms with Crippen molar-refractivity contribution in [3.8, 4) is 28.1 Å². The van der Waals surface area contributed by atoms with Gasteiger partial charge in [-0.25, -0.2) is 4.79 Å². The van der Waals surface area contributed by atoms with Gasteiger partial charge in [-0.3, -0.25) is 9.48 Å². The van der Waals surface area contributed by atoms with E-state index in [0.29, 0.717) is 5.56 Å². The van der Waals surface area contributed by atoms with Crippen LogP contribution in [0, 0.1) is 0 Å². The number of aromatic hydroxyl groups is 1. The normalized spacial score (nSPS) is 13.4. The van der Waals surface area contributed by atoms with Crippen LogP contribution >= 0.6 is 0 Å². The highest BCUT2D eigenvalue weighted by molar-refractivity contribution is 5.94. The largest absolute Gasteiger partial charge is 0.507 e. The van der Waals surface area contributed by atoms with Crippen LogP contribution in [0.15, 0.2) is 84.9 Å². The van der Waals surface area contributed by atoms with E-state index >= 15 is 0 Å². The molecule has 0 fully saturated rings. The number of hydrogen-bond acceptors (Lipinski definition) is 7. The molecule has 0 bridgehead atoms. The van der Waals surface area contributed by atoms with E-state index in [2.05, 4.69) is 10.4 Å². The van der Waals surface area contributed by atoms with Gasteiger partial charge in [-0.15, -0.1) is 0 Å². The second kappa shape index (κ2) is 13.0. The number of aliphatic hydroxyl groups is 3. The first-order valence-electron chi connectivity index (χ1n) is 12.8. The van der Waals surface area contributed by atoms with E-state index in [9.17, 15) is 35.1 Å². The standard InChI is InChI=1S/C30H31N3O7/c34-18-23(35)17-33-26(16-25(32-33)24-8-4-5-9-27(24)36)29(38)31-22(15-28(37)30(39)40)14-19-10-12-21(13-11-19)20-6-2-1-3-7-20/h1-13,16,22-23,28,34-37H,14-15,17-18H2,(H,31,38)(H,39,40)/t22-,23?,28-/m1/s1. The molecular weight excluding hydrogens is 514 g/mol. The molecule has 0 saturated heterocycles. The van der Waals surface area contributed by atoms with Gasteiger partial charge >= 0.3 is 5.97 Å². The number of amides is 1. The lowest BCUT2D eigenvalue weighted by Gasteiger charge is -2.21. The van der Waals surface area contributed by atoms with Crippen molar-refractivity contribution in [1.29, 1.82) is 0 Å². The number of carboxylic acid groups (broad SMARTS) is 1. The predicted molar refractivity (Wildman–Crippen MR) is 148 cm³/mol. The zero-order valence-corrected chi connectivity index (χ0v) is 21.6. The van der Waals surface area contributed by atoms with Crippen molar-refractivity contribution in [2.75, 3.05) is 6.61 Å². The Hall–Kier alpha value is -4.51. The van der Waals surface area contributed by atoms with Crippen molar-refractivity contribution in [2.24, 2.45) is 0 Å². The zero-order valence-electron chi connectivity index (χ0n) is 21.6. The van der Waals surface area contributed by atoms with E-state index in [1.807, 2.05) is 54.6 Å². The van der Waals surface area contributed by atoms with Gasteiger partial charge in [0.05, 0.1) is 24.9 Å². The Morgan fingerprint density at radius 2 is 1.55 bits per heavy atom. The summed E-state index contributed by atoms with van der Waals surface area (Å²) in [5.74, 6) is -2.08. The summed E-state index contributed by atoms with van der Waals surface area (Å²) < 4.78 is 1.22. The predicted octanol–water partition coefficient (Wildman–Crippen LogP) is 2.45. The van der Waals surface area contributed by atoms with E-state index in [1.165, 1.54) is 16.8 Å². The fraction of sp³-hybridized carbons (Fsp3) is 0.233. The lowest BCUT2D eigenvalue weighted by molar-refractivity contribution is -0.147. The maximum atomic E-state index is 13.4. The van der Waals surface area contributed by atoms with Crippen LogP contribution in [0.5, 0.6) is 5.75 Å². The van der Waals surface area contributed by atoms with Crippen LogP contribution in [0.3, 0.4) is 0 Å². The van der Waals surface area contributed by atoms with Gasteiger partial charge in [-0.05, 0) is 41.3 Å². The Morgan fingerprint density at radius 1 is 0.900 bits per heavy atom. The van der Waals surface area contributed by atoms with Crippen molar-refractivity contribution in [3.05, 3.63) is 96.2 Å². The molecule has 0 aliphatic carbocycles. The van der Waals surface area contributed by atoms with Crippen LogP contribution in [0.2, 0.25) is 0 Å². The number of aliphatic carboxylic acids is 1. The highest BCUT2D eigenvalue weighted by Gasteiger charge is 2.25. The molecule has 0 aliphatic heterocycles. The topological polar surface area (TPSA) is 165 Å². The third-order valence-corrected chi connectivity index (χ3v) is 6.46. The average molecular weight is 546 g/mol. The van der Waals surface area contributed by atoms with Crippen molar-refractivity contribution in [3.63, 3.8) is 0 Å². The first kappa shape index (κ1) is 28.5. The summed E-state index contributed by atoms with van der Waals surface area (Å²) in [6, 6.07) is 24.5. The van der Waals surface area contributed by atoms with Gasteiger partial charge in [0.25, 0.3) is 5.91 Å². The minimum atomic E-state index is -1.70. The molecule has 0 spiro atoms. The van der Waals surface area contributed by atoms with Gasteiger partial charge in [-0.2, -0.15) is 5.10 Å². The number of carbonyl (C=O) groups excluding carboxylic acids is 1. The summed E-state index contributed by atoms with van der Waals surface area (Å²) in [7, 11) is 0. The van der Waals surface area contributed by atoms with Gasteiger partial charge in [0.15, 0.2) is 6.10 Å². The molecule has 10 heteroatoms. The number of aliphatic hydroxyl groups excluding tert-OH is 3.